The van der Waals surface area contributed by atoms with Crippen LogP contribution in [0.4, 0.5) is 0 Å². The Morgan fingerprint density at radius 3 is 2.00 bits per heavy atom. The molecular formula is C19H31NO. The summed E-state index contributed by atoms with van der Waals surface area (Å²) in [5.74, 6) is 0.954. The SMILES string of the molecule is CCC(CC)CN(CC)CC(=O)c1c(C)cc(C)cc1C. The maximum Gasteiger partial charge on any atom is 0.177 e. The minimum absolute atomic E-state index is 0.262. The predicted molar refractivity (Wildman–Crippen MR) is 91.2 cm³/mol. The molecule has 0 aliphatic rings. The van der Waals surface area contributed by atoms with Crippen molar-refractivity contribution in [1.29, 1.82) is 0 Å². The lowest BCUT2D eigenvalue weighted by atomic mass is 9.96. The van der Waals surface area contributed by atoms with Gasteiger partial charge in [-0.25, -0.2) is 0 Å². The third kappa shape index (κ3) is 4.96. The lowest BCUT2D eigenvalue weighted by molar-refractivity contribution is 0.0919. The van der Waals surface area contributed by atoms with E-state index in [1.165, 1.54) is 18.4 Å². The summed E-state index contributed by atoms with van der Waals surface area (Å²) >= 11 is 0. The van der Waals surface area contributed by atoms with E-state index < -0.39 is 0 Å². The van der Waals surface area contributed by atoms with Crippen LogP contribution in [0.1, 0.15) is 60.7 Å². The quantitative estimate of drug-likeness (QED) is 0.654. The lowest BCUT2D eigenvalue weighted by Crippen LogP contribution is -2.34. The molecule has 0 spiro atoms. The molecule has 2 nitrogen and oxygen atoms in total. The summed E-state index contributed by atoms with van der Waals surface area (Å²) < 4.78 is 0. The van der Waals surface area contributed by atoms with Crippen molar-refractivity contribution in [2.24, 2.45) is 5.92 Å². The number of benzene rings is 1. The Morgan fingerprint density at radius 1 is 1.05 bits per heavy atom. The van der Waals surface area contributed by atoms with Gasteiger partial charge < -0.3 is 0 Å². The molecule has 0 fully saturated rings. The topological polar surface area (TPSA) is 20.3 Å². The van der Waals surface area contributed by atoms with E-state index in [1.807, 2.05) is 13.8 Å². The molecule has 0 unspecified atom stereocenters. The highest BCUT2D eigenvalue weighted by molar-refractivity contribution is 6.00. The number of carbonyl (C=O) groups is 1. The van der Waals surface area contributed by atoms with E-state index >= 15 is 0 Å². The third-order valence-electron chi connectivity index (χ3n) is 4.44. The smallest absolute Gasteiger partial charge is 0.177 e. The van der Waals surface area contributed by atoms with Gasteiger partial charge in [-0.3, -0.25) is 9.69 Å². The fourth-order valence-corrected chi connectivity index (χ4v) is 3.12. The molecule has 1 aromatic carbocycles. The van der Waals surface area contributed by atoms with Gasteiger partial charge in [0.1, 0.15) is 0 Å². The highest BCUT2D eigenvalue weighted by Crippen LogP contribution is 2.18. The van der Waals surface area contributed by atoms with Crippen LogP contribution in [0.2, 0.25) is 0 Å². The molecule has 0 N–H and O–H groups in total. The molecule has 1 rings (SSSR count). The van der Waals surface area contributed by atoms with Crippen LogP contribution < -0.4 is 0 Å². The highest BCUT2D eigenvalue weighted by atomic mass is 16.1. The number of hydrogen-bond donors (Lipinski definition) is 0. The number of rotatable bonds is 8. The van der Waals surface area contributed by atoms with Crippen LogP contribution in [0, 0.1) is 26.7 Å². The van der Waals surface area contributed by atoms with E-state index in [9.17, 15) is 4.79 Å². The number of nitrogens with zero attached hydrogens (tertiary/aromatic N) is 1. The number of hydrogen-bond acceptors (Lipinski definition) is 2. The van der Waals surface area contributed by atoms with Gasteiger partial charge in [-0.05, 0) is 44.4 Å². The maximum absolute atomic E-state index is 12.7. The van der Waals surface area contributed by atoms with Crippen LogP contribution in [0.5, 0.6) is 0 Å². The van der Waals surface area contributed by atoms with Gasteiger partial charge in [0.2, 0.25) is 0 Å². The second-order valence-corrected chi connectivity index (χ2v) is 6.21. The molecule has 0 radical (unpaired) electrons. The highest BCUT2D eigenvalue weighted by Gasteiger charge is 2.17. The standard InChI is InChI=1S/C19H31NO/c1-7-17(8-2)12-20(9-3)13-18(21)19-15(5)10-14(4)11-16(19)6/h10-11,17H,7-9,12-13H2,1-6H3. The Labute approximate surface area is 130 Å². The Balaban J connectivity index is 2.84. The fourth-order valence-electron chi connectivity index (χ4n) is 3.12. The summed E-state index contributed by atoms with van der Waals surface area (Å²) in [7, 11) is 0. The van der Waals surface area contributed by atoms with Crippen molar-refractivity contribution in [2.45, 2.75) is 54.4 Å². The zero-order chi connectivity index (χ0) is 16.0. The van der Waals surface area contributed by atoms with Crippen molar-refractivity contribution in [1.82, 2.24) is 4.90 Å². The van der Waals surface area contributed by atoms with Crippen molar-refractivity contribution in [3.63, 3.8) is 0 Å². The van der Waals surface area contributed by atoms with E-state index in [-0.39, 0.29) is 5.78 Å². The third-order valence-corrected chi connectivity index (χ3v) is 4.44. The maximum atomic E-state index is 12.7. The van der Waals surface area contributed by atoms with E-state index in [1.54, 1.807) is 0 Å². The minimum atomic E-state index is 0.262. The molecule has 0 amide bonds. The summed E-state index contributed by atoms with van der Waals surface area (Å²) in [4.78, 5) is 15.0. The Kier molecular flexibility index (Phi) is 7.10. The van der Waals surface area contributed by atoms with Crippen molar-refractivity contribution in [3.05, 3.63) is 34.4 Å². The lowest BCUT2D eigenvalue weighted by Gasteiger charge is -2.25. The van der Waals surface area contributed by atoms with Crippen LogP contribution in [0.25, 0.3) is 0 Å². The van der Waals surface area contributed by atoms with Crippen molar-refractivity contribution in [2.75, 3.05) is 19.6 Å². The Hall–Kier alpha value is -1.15. The normalized spacial score (nSPS) is 11.4. The first-order chi connectivity index (χ1) is 9.92. The molecule has 0 aliphatic heterocycles. The van der Waals surface area contributed by atoms with E-state index in [2.05, 4.69) is 44.7 Å². The van der Waals surface area contributed by atoms with Crippen LogP contribution in [-0.2, 0) is 0 Å². The average Bonchev–Trinajstić information content (AvgIpc) is 2.42. The number of carbonyl (C=O) groups excluding carboxylic acids is 1. The molecule has 21 heavy (non-hydrogen) atoms. The van der Waals surface area contributed by atoms with Gasteiger partial charge in [0.25, 0.3) is 0 Å². The molecule has 0 saturated heterocycles. The first-order valence-corrected chi connectivity index (χ1v) is 8.26. The van der Waals surface area contributed by atoms with Crippen molar-refractivity contribution in [3.8, 4) is 0 Å². The second kappa shape index (κ2) is 8.33. The first kappa shape index (κ1) is 17.9. The van der Waals surface area contributed by atoms with Gasteiger partial charge in [-0.2, -0.15) is 0 Å². The monoisotopic (exact) mass is 289 g/mol. The average molecular weight is 289 g/mol. The molecule has 0 aromatic heterocycles. The Bertz CT molecular complexity index is 451. The van der Waals surface area contributed by atoms with E-state index in [4.69, 9.17) is 0 Å². The van der Waals surface area contributed by atoms with Crippen molar-refractivity contribution < 1.29 is 4.79 Å². The van der Waals surface area contributed by atoms with Crippen molar-refractivity contribution >= 4 is 5.78 Å². The first-order valence-electron chi connectivity index (χ1n) is 8.26. The van der Waals surface area contributed by atoms with Crippen LogP contribution in [-0.4, -0.2) is 30.3 Å². The summed E-state index contributed by atoms with van der Waals surface area (Å²) in [6.45, 7) is 15.3. The van der Waals surface area contributed by atoms with Crippen LogP contribution in [0.3, 0.4) is 0 Å². The zero-order valence-corrected chi connectivity index (χ0v) is 14.6. The number of likely N-dealkylation sites (N-methyl/N-ethyl adjacent to an activating group) is 1. The molecule has 0 saturated carbocycles. The molecule has 118 valence electrons. The fraction of sp³-hybridized carbons (Fsp3) is 0.632. The van der Waals surface area contributed by atoms with Gasteiger partial charge in [0, 0.05) is 12.1 Å². The summed E-state index contributed by atoms with van der Waals surface area (Å²) in [6.07, 6.45) is 2.37. The van der Waals surface area contributed by atoms with E-state index in [0.29, 0.717) is 12.5 Å². The number of Topliss-reactive ketones (excluding diaryl/α,β-unsaturated/α-hetero) is 1. The van der Waals surface area contributed by atoms with Gasteiger partial charge in [-0.15, -0.1) is 0 Å². The second-order valence-electron chi connectivity index (χ2n) is 6.21. The van der Waals surface area contributed by atoms with Crippen LogP contribution in [0.15, 0.2) is 12.1 Å². The predicted octanol–water partition coefficient (Wildman–Crippen LogP) is 4.55. The zero-order valence-electron chi connectivity index (χ0n) is 14.6. The number of ketones is 1. The van der Waals surface area contributed by atoms with Gasteiger partial charge >= 0.3 is 0 Å². The molecule has 0 bridgehead atoms. The van der Waals surface area contributed by atoms with Gasteiger partial charge in [0.15, 0.2) is 5.78 Å². The largest absolute Gasteiger partial charge is 0.296 e. The molecule has 0 atom stereocenters. The number of aryl methyl sites for hydroxylation is 3. The summed E-state index contributed by atoms with van der Waals surface area (Å²) in [5.41, 5.74) is 4.36. The van der Waals surface area contributed by atoms with E-state index in [0.717, 1.165) is 29.8 Å². The molecule has 0 heterocycles. The summed E-state index contributed by atoms with van der Waals surface area (Å²) in [6, 6.07) is 4.22. The minimum Gasteiger partial charge on any atom is -0.296 e. The van der Waals surface area contributed by atoms with Crippen LogP contribution >= 0.6 is 0 Å². The summed E-state index contributed by atoms with van der Waals surface area (Å²) in [5, 5.41) is 0. The molecule has 1 aromatic rings. The molecule has 2 heteroatoms. The molecule has 0 aliphatic carbocycles. The van der Waals surface area contributed by atoms with Gasteiger partial charge in [-0.1, -0.05) is 51.3 Å². The molecular weight excluding hydrogens is 258 g/mol. The van der Waals surface area contributed by atoms with Gasteiger partial charge in [0.05, 0.1) is 6.54 Å². The Morgan fingerprint density at radius 2 is 1.57 bits per heavy atom.